The SMILES string of the molecule is CC(Sc1nnc(-c2ccc(Cl)cc2)o1)C(=O)c1ccc(F)cc1F. The Morgan fingerprint density at radius 1 is 1.16 bits per heavy atom. The molecular weight excluding hydrogens is 370 g/mol. The number of nitrogens with zero attached hydrogens (tertiary/aromatic N) is 2. The fourth-order valence-corrected chi connectivity index (χ4v) is 2.96. The number of halogens is 3. The molecule has 1 heterocycles. The van der Waals surface area contributed by atoms with Crippen LogP contribution in [-0.2, 0) is 0 Å². The van der Waals surface area contributed by atoms with Gasteiger partial charge in [-0.3, -0.25) is 4.79 Å². The van der Waals surface area contributed by atoms with E-state index in [0.717, 1.165) is 23.9 Å². The molecule has 3 aromatic rings. The first-order valence-electron chi connectivity index (χ1n) is 7.19. The van der Waals surface area contributed by atoms with Crippen LogP contribution in [0.15, 0.2) is 52.1 Å². The van der Waals surface area contributed by atoms with E-state index in [1.807, 2.05) is 0 Å². The first kappa shape index (κ1) is 17.6. The normalized spacial score (nSPS) is 12.2. The maximum Gasteiger partial charge on any atom is 0.277 e. The molecular formula is C17H11ClF2N2O2S. The van der Waals surface area contributed by atoms with E-state index in [1.54, 1.807) is 31.2 Å². The monoisotopic (exact) mass is 380 g/mol. The van der Waals surface area contributed by atoms with Crippen LogP contribution in [0.4, 0.5) is 8.78 Å². The number of hydrogen-bond donors (Lipinski definition) is 0. The summed E-state index contributed by atoms with van der Waals surface area (Å²) in [5.74, 6) is -1.84. The smallest absolute Gasteiger partial charge is 0.277 e. The molecule has 0 aliphatic heterocycles. The van der Waals surface area contributed by atoms with E-state index in [0.29, 0.717) is 16.7 Å². The number of carbonyl (C=O) groups excluding carboxylic acids is 1. The third kappa shape index (κ3) is 4.05. The molecule has 0 saturated heterocycles. The average molecular weight is 381 g/mol. The summed E-state index contributed by atoms with van der Waals surface area (Å²) in [4.78, 5) is 12.3. The van der Waals surface area contributed by atoms with Gasteiger partial charge in [-0.25, -0.2) is 8.78 Å². The molecule has 2 aromatic carbocycles. The van der Waals surface area contributed by atoms with Crippen LogP contribution in [-0.4, -0.2) is 21.2 Å². The Morgan fingerprint density at radius 3 is 2.56 bits per heavy atom. The molecule has 25 heavy (non-hydrogen) atoms. The summed E-state index contributed by atoms with van der Waals surface area (Å²) in [6, 6.07) is 9.68. The molecule has 0 aliphatic carbocycles. The van der Waals surface area contributed by atoms with E-state index in [4.69, 9.17) is 16.0 Å². The topological polar surface area (TPSA) is 56.0 Å². The Labute approximate surface area is 151 Å². The number of thioether (sulfide) groups is 1. The third-order valence-electron chi connectivity index (χ3n) is 3.34. The summed E-state index contributed by atoms with van der Waals surface area (Å²) in [5.41, 5.74) is 0.506. The summed E-state index contributed by atoms with van der Waals surface area (Å²) >= 11 is 6.83. The molecule has 8 heteroatoms. The second-order valence-corrected chi connectivity index (χ2v) is 6.86. The lowest BCUT2D eigenvalue weighted by Crippen LogP contribution is -2.15. The van der Waals surface area contributed by atoms with E-state index in [2.05, 4.69) is 10.2 Å². The van der Waals surface area contributed by atoms with Gasteiger partial charge in [-0.15, -0.1) is 10.2 Å². The van der Waals surface area contributed by atoms with E-state index < -0.39 is 22.7 Å². The highest BCUT2D eigenvalue weighted by Gasteiger charge is 2.22. The molecule has 1 unspecified atom stereocenters. The Morgan fingerprint density at radius 2 is 1.88 bits per heavy atom. The van der Waals surface area contributed by atoms with Gasteiger partial charge < -0.3 is 4.42 Å². The van der Waals surface area contributed by atoms with Crippen molar-refractivity contribution in [2.45, 2.75) is 17.4 Å². The van der Waals surface area contributed by atoms with Crippen LogP contribution in [0, 0.1) is 11.6 Å². The van der Waals surface area contributed by atoms with E-state index >= 15 is 0 Å². The minimum atomic E-state index is -0.898. The number of Topliss-reactive ketones (excluding diaryl/α,β-unsaturated/α-hetero) is 1. The minimum Gasteiger partial charge on any atom is -0.411 e. The Hall–Kier alpha value is -2.25. The van der Waals surface area contributed by atoms with Gasteiger partial charge in [0.25, 0.3) is 5.22 Å². The van der Waals surface area contributed by atoms with Gasteiger partial charge in [-0.1, -0.05) is 23.4 Å². The fourth-order valence-electron chi connectivity index (χ4n) is 2.08. The predicted molar refractivity (Wildman–Crippen MR) is 90.8 cm³/mol. The van der Waals surface area contributed by atoms with Crippen molar-refractivity contribution < 1.29 is 18.0 Å². The zero-order valence-electron chi connectivity index (χ0n) is 12.9. The minimum absolute atomic E-state index is 0.174. The lowest BCUT2D eigenvalue weighted by molar-refractivity contribution is 0.0989. The van der Waals surface area contributed by atoms with Gasteiger partial charge in [0.05, 0.1) is 10.8 Å². The lowest BCUT2D eigenvalue weighted by atomic mass is 10.1. The van der Waals surface area contributed by atoms with Crippen LogP contribution in [0.5, 0.6) is 0 Å². The molecule has 0 saturated carbocycles. The molecule has 0 spiro atoms. The van der Waals surface area contributed by atoms with Gasteiger partial charge >= 0.3 is 0 Å². The van der Waals surface area contributed by atoms with Crippen molar-refractivity contribution in [2.75, 3.05) is 0 Å². The Bertz CT molecular complexity index is 915. The van der Waals surface area contributed by atoms with Crippen molar-refractivity contribution in [2.24, 2.45) is 0 Å². The molecule has 3 rings (SSSR count). The largest absolute Gasteiger partial charge is 0.411 e. The summed E-state index contributed by atoms with van der Waals surface area (Å²) in [6.07, 6.45) is 0. The fraction of sp³-hybridized carbons (Fsp3) is 0.118. The number of benzene rings is 2. The Balaban J connectivity index is 1.74. The van der Waals surface area contributed by atoms with Crippen LogP contribution in [0.1, 0.15) is 17.3 Å². The van der Waals surface area contributed by atoms with Gasteiger partial charge in [-0.2, -0.15) is 0 Å². The van der Waals surface area contributed by atoms with Gasteiger partial charge in [0.15, 0.2) is 5.78 Å². The second-order valence-electron chi connectivity index (χ2n) is 5.13. The summed E-state index contributed by atoms with van der Waals surface area (Å²) in [6.45, 7) is 1.59. The number of ketones is 1. The molecule has 128 valence electrons. The second kappa shape index (κ2) is 7.33. The van der Waals surface area contributed by atoms with E-state index in [-0.39, 0.29) is 16.7 Å². The van der Waals surface area contributed by atoms with Gasteiger partial charge in [-0.05, 0) is 43.3 Å². The summed E-state index contributed by atoms with van der Waals surface area (Å²) < 4.78 is 32.2. The van der Waals surface area contributed by atoms with E-state index in [9.17, 15) is 13.6 Å². The van der Waals surface area contributed by atoms with Crippen molar-refractivity contribution in [3.8, 4) is 11.5 Å². The lowest BCUT2D eigenvalue weighted by Gasteiger charge is -2.08. The third-order valence-corrected chi connectivity index (χ3v) is 4.53. The van der Waals surface area contributed by atoms with Crippen molar-refractivity contribution >= 4 is 29.1 Å². The highest BCUT2D eigenvalue weighted by molar-refractivity contribution is 8.00. The molecule has 1 aromatic heterocycles. The molecule has 0 radical (unpaired) electrons. The number of aromatic nitrogens is 2. The van der Waals surface area contributed by atoms with Crippen LogP contribution in [0.2, 0.25) is 5.02 Å². The van der Waals surface area contributed by atoms with Crippen LogP contribution in [0.25, 0.3) is 11.5 Å². The first-order chi connectivity index (χ1) is 11.9. The van der Waals surface area contributed by atoms with Crippen LogP contribution >= 0.6 is 23.4 Å². The van der Waals surface area contributed by atoms with Crippen molar-refractivity contribution in [3.63, 3.8) is 0 Å². The number of carbonyl (C=O) groups is 1. The maximum absolute atomic E-state index is 13.7. The molecule has 1 atom stereocenters. The zero-order chi connectivity index (χ0) is 18.0. The van der Waals surface area contributed by atoms with E-state index in [1.165, 1.54) is 0 Å². The van der Waals surface area contributed by atoms with Crippen LogP contribution in [0.3, 0.4) is 0 Å². The summed E-state index contributed by atoms with van der Waals surface area (Å²) in [7, 11) is 0. The quantitative estimate of drug-likeness (QED) is 0.459. The molecule has 4 nitrogen and oxygen atoms in total. The maximum atomic E-state index is 13.7. The number of hydrogen-bond acceptors (Lipinski definition) is 5. The molecule has 0 fully saturated rings. The molecule has 0 N–H and O–H groups in total. The highest BCUT2D eigenvalue weighted by Crippen LogP contribution is 2.28. The van der Waals surface area contributed by atoms with Gasteiger partial charge in [0.1, 0.15) is 11.6 Å². The molecule has 0 aliphatic rings. The molecule has 0 amide bonds. The van der Waals surface area contributed by atoms with Crippen LogP contribution < -0.4 is 0 Å². The molecule has 0 bridgehead atoms. The zero-order valence-corrected chi connectivity index (χ0v) is 14.4. The average Bonchev–Trinajstić information content (AvgIpc) is 3.03. The van der Waals surface area contributed by atoms with Crippen molar-refractivity contribution in [1.82, 2.24) is 10.2 Å². The van der Waals surface area contributed by atoms with Crippen molar-refractivity contribution in [3.05, 3.63) is 64.7 Å². The standard InChI is InChI=1S/C17H11ClF2N2O2S/c1-9(15(23)13-7-6-12(19)8-14(13)20)25-17-22-21-16(24-17)10-2-4-11(18)5-3-10/h2-9H,1H3. The van der Waals surface area contributed by atoms with Crippen molar-refractivity contribution in [1.29, 1.82) is 0 Å². The number of rotatable bonds is 5. The summed E-state index contributed by atoms with van der Waals surface area (Å²) in [5, 5.41) is 7.86. The Kier molecular flexibility index (Phi) is 5.15. The highest BCUT2D eigenvalue weighted by atomic mass is 35.5. The van der Waals surface area contributed by atoms with Gasteiger partial charge in [0.2, 0.25) is 5.89 Å². The first-order valence-corrected chi connectivity index (χ1v) is 8.45. The predicted octanol–water partition coefficient (Wildman–Crippen LogP) is 5.03. The van der Waals surface area contributed by atoms with Gasteiger partial charge in [0, 0.05) is 16.7 Å².